The van der Waals surface area contributed by atoms with Crippen molar-refractivity contribution in [3.8, 4) is 5.75 Å². The Balaban J connectivity index is 1.56. The van der Waals surface area contributed by atoms with E-state index in [1.54, 1.807) is 25.7 Å². The molecule has 0 bridgehead atoms. The highest BCUT2D eigenvalue weighted by atomic mass is 16.6. The molecular weight excluding hydrogens is 638 g/mol. The number of benzene rings is 2. The number of nitrogens with zero attached hydrogens (tertiary/aromatic N) is 1. The third-order valence-corrected chi connectivity index (χ3v) is 8.04. The maximum Gasteiger partial charge on any atom is 0.407 e. The smallest absolute Gasteiger partial charge is 0.407 e. The average Bonchev–Trinajstić information content (AvgIpc) is 3.54. The van der Waals surface area contributed by atoms with Crippen LogP contribution in [0, 0.1) is 5.92 Å². The molecule has 5 amide bonds. The zero-order valence-corrected chi connectivity index (χ0v) is 30.4. The summed E-state index contributed by atoms with van der Waals surface area (Å²) in [6, 6.07) is 14.8. The predicted molar refractivity (Wildman–Crippen MR) is 191 cm³/mol. The van der Waals surface area contributed by atoms with Crippen LogP contribution in [0.3, 0.4) is 0 Å². The molecule has 2 aromatic carbocycles. The number of hydrogen-bond acceptors (Lipinski definition) is 7. The summed E-state index contributed by atoms with van der Waals surface area (Å²) in [5.74, 6) is -0.623. The lowest BCUT2D eigenvalue weighted by atomic mass is 10.00. The van der Waals surface area contributed by atoms with Crippen molar-refractivity contribution in [2.45, 2.75) is 110 Å². The average molecular weight is 694 g/mol. The topological polar surface area (TPSA) is 155 Å². The Morgan fingerprint density at radius 1 is 0.860 bits per heavy atom. The lowest BCUT2D eigenvalue weighted by molar-refractivity contribution is -0.142. The van der Waals surface area contributed by atoms with E-state index in [0.29, 0.717) is 64.1 Å². The van der Waals surface area contributed by atoms with Crippen LogP contribution in [0.25, 0.3) is 0 Å². The van der Waals surface area contributed by atoms with Crippen LogP contribution in [-0.2, 0) is 36.9 Å². The number of likely N-dealkylation sites (tertiary alicyclic amines) is 1. The van der Waals surface area contributed by atoms with Gasteiger partial charge in [-0.2, -0.15) is 0 Å². The van der Waals surface area contributed by atoms with E-state index < -0.39 is 35.7 Å². The van der Waals surface area contributed by atoms with Crippen molar-refractivity contribution in [2.24, 2.45) is 5.92 Å². The first kappa shape index (κ1) is 39.8. The molecule has 12 heteroatoms. The number of hydrogen-bond donors (Lipinski definition) is 4. The number of carbonyl (C=O) groups excluding carboxylic acids is 5. The summed E-state index contributed by atoms with van der Waals surface area (Å²) in [6.07, 6.45) is 2.60. The van der Waals surface area contributed by atoms with Crippen LogP contribution in [0.2, 0.25) is 0 Å². The van der Waals surface area contributed by atoms with Crippen molar-refractivity contribution in [1.29, 1.82) is 0 Å². The van der Waals surface area contributed by atoms with Gasteiger partial charge in [-0.05, 0) is 82.1 Å². The maximum atomic E-state index is 13.9. The van der Waals surface area contributed by atoms with E-state index in [-0.39, 0.29) is 30.1 Å². The fourth-order valence-corrected chi connectivity index (χ4v) is 5.71. The minimum atomic E-state index is -0.909. The van der Waals surface area contributed by atoms with Crippen LogP contribution in [0.15, 0.2) is 54.6 Å². The Bertz CT molecular complexity index is 1410. The highest BCUT2D eigenvalue weighted by Gasteiger charge is 2.38. The van der Waals surface area contributed by atoms with E-state index in [1.807, 2.05) is 68.4 Å². The fourth-order valence-electron chi connectivity index (χ4n) is 5.71. The van der Waals surface area contributed by atoms with Gasteiger partial charge in [0.2, 0.25) is 23.6 Å². The minimum absolute atomic E-state index is 0.0797. The zero-order valence-electron chi connectivity index (χ0n) is 30.4. The summed E-state index contributed by atoms with van der Waals surface area (Å²) in [5.41, 5.74) is 1.29. The van der Waals surface area contributed by atoms with Gasteiger partial charge in [0, 0.05) is 33.0 Å². The first-order valence-corrected chi connectivity index (χ1v) is 17.6. The van der Waals surface area contributed by atoms with Gasteiger partial charge in [0.25, 0.3) is 0 Å². The minimum Gasteiger partial charge on any atom is -0.489 e. The second kappa shape index (κ2) is 19.5. The van der Waals surface area contributed by atoms with Crippen LogP contribution in [0.4, 0.5) is 4.79 Å². The van der Waals surface area contributed by atoms with Gasteiger partial charge in [-0.3, -0.25) is 19.2 Å². The molecule has 0 spiro atoms. The summed E-state index contributed by atoms with van der Waals surface area (Å²) in [6.45, 7) is 12.3. The van der Waals surface area contributed by atoms with Crippen LogP contribution >= 0.6 is 0 Å². The van der Waals surface area contributed by atoms with Crippen molar-refractivity contribution in [3.05, 3.63) is 65.7 Å². The van der Waals surface area contributed by atoms with Gasteiger partial charge in [0.05, 0.1) is 0 Å². The number of alkyl carbamates (subject to hydrolysis) is 1. The van der Waals surface area contributed by atoms with Crippen LogP contribution in [-0.4, -0.2) is 78.0 Å². The fraction of sp³-hybridized carbons (Fsp3) is 0.553. The van der Waals surface area contributed by atoms with E-state index in [1.165, 1.54) is 6.92 Å². The molecule has 0 saturated carbocycles. The highest BCUT2D eigenvalue weighted by molar-refractivity contribution is 5.94. The quantitative estimate of drug-likeness (QED) is 0.181. The first-order valence-electron chi connectivity index (χ1n) is 17.6. The number of unbranched alkanes of at least 4 members (excludes halogenated alkanes) is 1. The molecule has 0 aliphatic carbocycles. The number of nitrogens with one attached hydrogen (secondary N) is 4. The van der Waals surface area contributed by atoms with Crippen molar-refractivity contribution in [3.63, 3.8) is 0 Å². The summed E-state index contributed by atoms with van der Waals surface area (Å²) < 4.78 is 11.1. The predicted octanol–water partition coefficient (Wildman–Crippen LogP) is 4.26. The Labute approximate surface area is 296 Å². The maximum absolute atomic E-state index is 13.9. The molecule has 0 unspecified atom stereocenters. The van der Waals surface area contributed by atoms with Gasteiger partial charge in [-0.15, -0.1) is 0 Å². The largest absolute Gasteiger partial charge is 0.489 e. The van der Waals surface area contributed by atoms with Crippen molar-refractivity contribution < 1.29 is 33.4 Å². The van der Waals surface area contributed by atoms with E-state index in [4.69, 9.17) is 9.47 Å². The van der Waals surface area contributed by atoms with Gasteiger partial charge in [0.1, 0.15) is 36.1 Å². The third kappa shape index (κ3) is 14.1. The molecule has 4 N–H and O–H groups in total. The van der Waals surface area contributed by atoms with Crippen LogP contribution in [0.1, 0.15) is 84.8 Å². The Hall–Kier alpha value is -4.61. The van der Waals surface area contributed by atoms with Crippen LogP contribution in [0.5, 0.6) is 5.75 Å². The molecule has 2 aromatic rings. The van der Waals surface area contributed by atoms with Crippen molar-refractivity contribution in [1.82, 2.24) is 26.2 Å². The summed E-state index contributed by atoms with van der Waals surface area (Å²) in [7, 11) is 0. The summed E-state index contributed by atoms with van der Waals surface area (Å²) >= 11 is 0. The molecule has 1 aliphatic rings. The van der Waals surface area contributed by atoms with E-state index >= 15 is 0 Å². The van der Waals surface area contributed by atoms with Crippen molar-refractivity contribution in [2.75, 3.05) is 19.6 Å². The number of carbonyl (C=O) groups is 5. The SMILES string of the molecule is CC(=O)N[C@@H](Cc1ccc(OCc2ccccc2)cc1)C(=O)N[C@@H](CC(C)C)C(=O)N1CCC[C@H]1C(=O)NCCCCNC(=O)OC(C)(C)C. The van der Waals surface area contributed by atoms with Crippen molar-refractivity contribution >= 4 is 29.7 Å². The van der Waals surface area contributed by atoms with Gasteiger partial charge in [0.15, 0.2) is 0 Å². The lowest BCUT2D eigenvalue weighted by Gasteiger charge is -2.30. The van der Waals surface area contributed by atoms with Gasteiger partial charge >= 0.3 is 6.09 Å². The van der Waals surface area contributed by atoms with Gasteiger partial charge in [-0.25, -0.2) is 4.79 Å². The number of rotatable bonds is 17. The van der Waals surface area contributed by atoms with Gasteiger partial charge < -0.3 is 35.6 Å². The molecular formula is C38H55N5O7. The van der Waals surface area contributed by atoms with E-state index in [2.05, 4.69) is 21.3 Å². The van der Waals surface area contributed by atoms with Gasteiger partial charge in [-0.1, -0.05) is 56.3 Å². The lowest BCUT2D eigenvalue weighted by Crippen LogP contribution is -2.57. The molecule has 1 aliphatic heterocycles. The van der Waals surface area contributed by atoms with Crippen LogP contribution < -0.4 is 26.0 Å². The second-order valence-electron chi connectivity index (χ2n) is 14.2. The standard InChI is InChI=1S/C38H55N5O7/c1-26(2)23-32(36(47)43-22-12-15-33(43)35(46)39-20-10-11-21-40-37(48)50-38(4,5)6)42-34(45)31(41-27(3)44)24-28-16-18-30(19-17-28)49-25-29-13-8-7-9-14-29/h7-9,13-14,16-19,26,31-33H,10-12,15,20-25H2,1-6H3,(H,39,46)(H,40,48)(H,41,44)(H,42,45)/t31-,32-,33-/m0/s1. The Morgan fingerprint density at radius 2 is 1.52 bits per heavy atom. The van der Waals surface area contributed by atoms with E-state index in [0.717, 1.165) is 11.1 Å². The third-order valence-electron chi connectivity index (χ3n) is 8.04. The first-order chi connectivity index (χ1) is 23.7. The van der Waals surface area contributed by atoms with E-state index in [9.17, 15) is 24.0 Å². The highest BCUT2D eigenvalue weighted by Crippen LogP contribution is 2.21. The molecule has 0 radical (unpaired) electrons. The Kier molecular flexibility index (Phi) is 15.6. The normalized spacial score (nSPS) is 15.5. The molecule has 50 heavy (non-hydrogen) atoms. The molecule has 12 nitrogen and oxygen atoms in total. The Morgan fingerprint density at radius 3 is 2.14 bits per heavy atom. The number of ether oxygens (including phenoxy) is 2. The summed E-state index contributed by atoms with van der Waals surface area (Å²) in [4.78, 5) is 66.2. The summed E-state index contributed by atoms with van der Waals surface area (Å²) in [5, 5.41) is 11.3. The molecule has 1 saturated heterocycles. The molecule has 3 atom stereocenters. The molecule has 1 fully saturated rings. The molecule has 274 valence electrons. The molecule has 0 aromatic heterocycles. The second-order valence-corrected chi connectivity index (χ2v) is 14.2. The molecule has 1 heterocycles. The monoisotopic (exact) mass is 693 g/mol. The zero-order chi connectivity index (χ0) is 36.7. The molecule has 3 rings (SSSR count). The number of amides is 5.